The molecule has 0 amide bonds. The molecule has 0 radical (unpaired) electrons. The number of benzene rings is 1. The van der Waals surface area contributed by atoms with Gasteiger partial charge < -0.3 is 9.67 Å². The van der Waals surface area contributed by atoms with Crippen LogP contribution in [0.2, 0.25) is 0 Å². The van der Waals surface area contributed by atoms with E-state index < -0.39 is 13.3 Å². The van der Waals surface area contributed by atoms with Gasteiger partial charge in [-0.05, 0) is 0 Å². The second kappa shape index (κ2) is 4.40. The van der Waals surface area contributed by atoms with Gasteiger partial charge in [-0.2, -0.15) is 0 Å². The van der Waals surface area contributed by atoms with E-state index in [1.165, 1.54) is 0 Å². The highest BCUT2D eigenvalue weighted by atomic mass is 31.2. The van der Waals surface area contributed by atoms with Gasteiger partial charge in [-0.1, -0.05) is 30.3 Å². The summed E-state index contributed by atoms with van der Waals surface area (Å²) in [5.74, 6) is -0.980. The quantitative estimate of drug-likeness (QED) is 0.732. The van der Waals surface area contributed by atoms with E-state index in [0.29, 0.717) is 5.30 Å². The van der Waals surface area contributed by atoms with E-state index in [1.807, 2.05) is 0 Å². The molecular formula is C9H12NO3P. The molecule has 1 unspecified atom stereocenters. The van der Waals surface area contributed by atoms with E-state index in [2.05, 4.69) is 0 Å². The summed E-state index contributed by atoms with van der Waals surface area (Å²) >= 11 is 0. The van der Waals surface area contributed by atoms with Crippen molar-refractivity contribution in [3.63, 3.8) is 0 Å². The number of rotatable bonds is 4. The molecule has 3 N–H and O–H groups in total. The third-order valence-corrected chi connectivity index (χ3v) is 3.91. The molecule has 76 valence electrons. The van der Waals surface area contributed by atoms with E-state index in [1.54, 1.807) is 30.3 Å². The largest absolute Gasteiger partial charge is 0.481 e. The number of carboxylic acid groups (broad SMARTS) is 1. The molecule has 1 rings (SSSR count). The van der Waals surface area contributed by atoms with Crippen molar-refractivity contribution in [1.82, 2.24) is 0 Å². The second-order valence-corrected chi connectivity index (χ2v) is 5.55. The van der Waals surface area contributed by atoms with Crippen LogP contribution in [0.1, 0.15) is 6.42 Å². The normalized spacial score (nSPS) is 14.6. The first-order chi connectivity index (χ1) is 6.52. The third-order valence-electron chi connectivity index (χ3n) is 1.85. The molecule has 0 fully saturated rings. The van der Waals surface area contributed by atoms with Crippen molar-refractivity contribution in [2.75, 3.05) is 6.16 Å². The van der Waals surface area contributed by atoms with Gasteiger partial charge in [0.2, 0.25) is 0 Å². The molecule has 0 spiro atoms. The molecule has 0 bridgehead atoms. The zero-order chi connectivity index (χ0) is 10.6. The topological polar surface area (TPSA) is 80.4 Å². The summed E-state index contributed by atoms with van der Waals surface area (Å²) in [6, 6.07) is 8.57. The summed E-state index contributed by atoms with van der Waals surface area (Å²) in [5, 5.41) is 8.98. The number of carboxylic acids is 1. The summed E-state index contributed by atoms with van der Waals surface area (Å²) in [7, 11) is -2.98. The average Bonchev–Trinajstić information content (AvgIpc) is 2.16. The van der Waals surface area contributed by atoms with E-state index in [-0.39, 0.29) is 12.6 Å². The molecule has 0 saturated heterocycles. The van der Waals surface area contributed by atoms with Crippen LogP contribution in [-0.4, -0.2) is 17.2 Å². The maximum Gasteiger partial charge on any atom is 0.303 e. The Morgan fingerprint density at radius 1 is 1.36 bits per heavy atom. The van der Waals surface area contributed by atoms with E-state index in [0.717, 1.165) is 0 Å². The molecule has 0 aromatic heterocycles. The lowest BCUT2D eigenvalue weighted by Gasteiger charge is -2.11. The third kappa shape index (κ3) is 2.98. The van der Waals surface area contributed by atoms with Crippen LogP contribution in [0.4, 0.5) is 0 Å². The Morgan fingerprint density at radius 2 is 1.93 bits per heavy atom. The number of aliphatic carboxylic acids is 1. The molecule has 14 heavy (non-hydrogen) atoms. The lowest BCUT2D eigenvalue weighted by Crippen LogP contribution is -2.16. The van der Waals surface area contributed by atoms with E-state index >= 15 is 0 Å². The van der Waals surface area contributed by atoms with Crippen molar-refractivity contribution >= 4 is 18.6 Å². The molecule has 1 aromatic carbocycles. The second-order valence-electron chi connectivity index (χ2n) is 3.00. The van der Waals surface area contributed by atoms with Crippen molar-refractivity contribution < 1.29 is 14.5 Å². The number of carbonyl (C=O) groups is 1. The summed E-state index contributed by atoms with van der Waals surface area (Å²) in [6.07, 6.45) is -0.158. The molecule has 0 aliphatic carbocycles. The van der Waals surface area contributed by atoms with E-state index in [4.69, 9.17) is 10.6 Å². The Kier molecular flexibility index (Phi) is 3.44. The molecule has 0 saturated carbocycles. The summed E-state index contributed by atoms with van der Waals surface area (Å²) in [5.41, 5.74) is 5.58. The van der Waals surface area contributed by atoms with Crippen molar-refractivity contribution in [2.45, 2.75) is 6.42 Å². The van der Waals surface area contributed by atoms with Gasteiger partial charge in [0.25, 0.3) is 0 Å². The van der Waals surface area contributed by atoms with Gasteiger partial charge >= 0.3 is 5.97 Å². The summed E-state index contributed by atoms with van der Waals surface area (Å²) in [6.45, 7) is 0. The highest BCUT2D eigenvalue weighted by Gasteiger charge is 2.19. The van der Waals surface area contributed by atoms with Gasteiger partial charge in [0.15, 0.2) is 7.29 Å². The first-order valence-electron chi connectivity index (χ1n) is 4.17. The van der Waals surface area contributed by atoms with Crippen LogP contribution in [0.25, 0.3) is 0 Å². The zero-order valence-electron chi connectivity index (χ0n) is 7.59. The van der Waals surface area contributed by atoms with Crippen molar-refractivity contribution in [2.24, 2.45) is 5.50 Å². The first kappa shape index (κ1) is 11.0. The highest BCUT2D eigenvalue weighted by Crippen LogP contribution is 2.35. The molecule has 5 heteroatoms. The molecular weight excluding hydrogens is 201 g/mol. The SMILES string of the molecule is NP(=O)(CCC(=O)O)c1ccccc1. The number of nitrogens with two attached hydrogens (primary N) is 1. The zero-order valence-corrected chi connectivity index (χ0v) is 8.48. The van der Waals surface area contributed by atoms with Gasteiger partial charge in [0, 0.05) is 11.5 Å². The fourth-order valence-electron chi connectivity index (χ4n) is 1.07. The Bertz CT molecular complexity index is 364. The highest BCUT2D eigenvalue weighted by molar-refractivity contribution is 7.69. The van der Waals surface area contributed by atoms with Gasteiger partial charge in [0.1, 0.15) is 0 Å². The predicted molar refractivity (Wildman–Crippen MR) is 55.0 cm³/mol. The Hall–Kier alpha value is -1.12. The van der Waals surface area contributed by atoms with Crippen LogP contribution >= 0.6 is 7.29 Å². The van der Waals surface area contributed by atoms with Crippen LogP contribution in [0.5, 0.6) is 0 Å². The Morgan fingerprint density at radius 3 is 2.43 bits per heavy atom. The predicted octanol–water partition coefficient (Wildman–Crippen LogP) is 1.02. The Balaban J connectivity index is 2.76. The van der Waals surface area contributed by atoms with Crippen LogP contribution in [0.3, 0.4) is 0 Å². The Labute approximate surface area is 82.2 Å². The number of hydrogen-bond donors (Lipinski definition) is 2. The maximum atomic E-state index is 11.8. The van der Waals surface area contributed by atoms with Crippen LogP contribution in [0.15, 0.2) is 30.3 Å². The molecule has 1 aromatic rings. The summed E-state index contributed by atoms with van der Waals surface area (Å²) < 4.78 is 11.8. The smallest absolute Gasteiger partial charge is 0.303 e. The summed E-state index contributed by atoms with van der Waals surface area (Å²) in [4.78, 5) is 10.3. The molecule has 0 aliphatic rings. The first-order valence-corrected chi connectivity index (χ1v) is 6.13. The van der Waals surface area contributed by atoms with Crippen molar-refractivity contribution in [1.29, 1.82) is 0 Å². The fraction of sp³-hybridized carbons (Fsp3) is 0.222. The van der Waals surface area contributed by atoms with E-state index in [9.17, 15) is 9.36 Å². The van der Waals surface area contributed by atoms with Crippen LogP contribution in [-0.2, 0) is 9.36 Å². The average molecular weight is 213 g/mol. The monoisotopic (exact) mass is 213 g/mol. The van der Waals surface area contributed by atoms with Crippen molar-refractivity contribution in [3.8, 4) is 0 Å². The molecule has 1 atom stereocenters. The van der Waals surface area contributed by atoms with Crippen LogP contribution in [0, 0.1) is 0 Å². The molecule has 4 nitrogen and oxygen atoms in total. The van der Waals surface area contributed by atoms with Gasteiger partial charge in [-0.15, -0.1) is 0 Å². The minimum Gasteiger partial charge on any atom is -0.481 e. The van der Waals surface area contributed by atoms with Gasteiger partial charge in [-0.3, -0.25) is 10.3 Å². The van der Waals surface area contributed by atoms with Gasteiger partial charge in [0.05, 0.1) is 6.42 Å². The number of hydrogen-bond acceptors (Lipinski definition) is 2. The lowest BCUT2D eigenvalue weighted by molar-refractivity contribution is -0.136. The minimum atomic E-state index is -2.98. The molecule has 0 heterocycles. The lowest BCUT2D eigenvalue weighted by atomic mass is 10.4. The van der Waals surface area contributed by atoms with Crippen LogP contribution < -0.4 is 10.8 Å². The van der Waals surface area contributed by atoms with Crippen molar-refractivity contribution in [3.05, 3.63) is 30.3 Å². The minimum absolute atomic E-state index is 0.00630. The standard InChI is InChI=1S/C9H12NO3P/c10-14(13,7-6-9(11)12)8-4-2-1-3-5-8/h1-5H,6-7H2,(H2,10,13)(H,11,12). The maximum absolute atomic E-state index is 11.8. The fourth-order valence-corrected chi connectivity index (χ4v) is 2.53. The molecule has 0 aliphatic heterocycles. The van der Waals surface area contributed by atoms with Gasteiger partial charge in [-0.25, -0.2) is 0 Å².